The molecule has 0 bridgehead atoms. The highest BCUT2D eigenvalue weighted by Crippen LogP contribution is 2.36. The Morgan fingerprint density at radius 2 is 1.86 bits per heavy atom. The van der Waals surface area contributed by atoms with E-state index in [4.69, 9.17) is 4.74 Å². The molecule has 6 rings (SSSR count). The summed E-state index contributed by atoms with van der Waals surface area (Å²) < 4.78 is 36.6. The number of aryl methyl sites for hydroxylation is 2. The van der Waals surface area contributed by atoms with E-state index < -0.39 is 17.7 Å². The van der Waals surface area contributed by atoms with Crippen molar-refractivity contribution in [1.82, 2.24) is 29.7 Å². The summed E-state index contributed by atoms with van der Waals surface area (Å²) in [6.07, 6.45) is 5.16. The molecule has 1 saturated carbocycles. The average molecular weight is 494 g/mol. The molecule has 2 fully saturated rings. The van der Waals surface area contributed by atoms with E-state index in [1.54, 1.807) is 13.1 Å². The first-order valence-corrected chi connectivity index (χ1v) is 11.9. The summed E-state index contributed by atoms with van der Waals surface area (Å²) in [7, 11) is 0. The molecule has 0 amide bonds. The van der Waals surface area contributed by atoms with E-state index in [9.17, 15) is 13.9 Å². The predicted molar refractivity (Wildman–Crippen MR) is 127 cm³/mol. The average Bonchev–Trinajstić information content (AvgIpc) is 3.60. The lowest BCUT2D eigenvalue weighted by Crippen LogP contribution is -2.46. The zero-order valence-electron chi connectivity index (χ0n) is 19.9. The van der Waals surface area contributed by atoms with E-state index in [1.165, 1.54) is 12.1 Å². The van der Waals surface area contributed by atoms with Gasteiger partial charge in [-0.15, -0.1) is 0 Å². The van der Waals surface area contributed by atoms with Crippen molar-refractivity contribution in [2.24, 2.45) is 0 Å². The van der Waals surface area contributed by atoms with Gasteiger partial charge in [0, 0.05) is 29.9 Å². The SMILES string of the molecule is Cc1nc2nc(N3C[C@H](CO)O[C@@H](c4cnn(C5CC5)c4)C3)nc(-c3ccc(F)cc3F)c2nc1C. The van der Waals surface area contributed by atoms with Crippen molar-refractivity contribution in [3.8, 4) is 11.3 Å². The highest BCUT2D eigenvalue weighted by Gasteiger charge is 2.33. The Balaban J connectivity index is 1.44. The maximum atomic E-state index is 14.9. The highest BCUT2D eigenvalue weighted by atomic mass is 19.1. The third-order valence-corrected chi connectivity index (χ3v) is 6.68. The van der Waals surface area contributed by atoms with Gasteiger partial charge < -0.3 is 14.7 Å². The van der Waals surface area contributed by atoms with Gasteiger partial charge in [0.2, 0.25) is 5.95 Å². The van der Waals surface area contributed by atoms with E-state index in [-0.39, 0.29) is 24.0 Å². The van der Waals surface area contributed by atoms with Crippen LogP contribution in [0, 0.1) is 25.5 Å². The van der Waals surface area contributed by atoms with Gasteiger partial charge in [-0.3, -0.25) is 4.68 Å². The smallest absolute Gasteiger partial charge is 0.228 e. The summed E-state index contributed by atoms with van der Waals surface area (Å²) in [5.74, 6) is -1.12. The van der Waals surface area contributed by atoms with Crippen molar-refractivity contribution in [3.63, 3.8) is 0 Å². The van der Waals surface area contributed by atoms with Crippen LogP contribution >= 0.6 is 0 Å². The number of hydrogen-bond donors (Lipinski definition) is 1. The molecule has 1 aliphatic carbocycles. The first kappa shape index (κ1) is 22.9. The van der Waals surface area contributed by atoms with Gasteiger partial charge in [0.05, 0.1) is 42.9 Å². The molecule has 4 heterocycles. The monoisotopic (exact) mass is 493 g/mol. The molecule has 1 saturated heterocycles. The number of halogens is 2. The van der Waals surface area contributed by atoms with Crippen LogP contribution in [0.2, 0.25) is 0 Å². The minimum atomic E-state index is -0.749. The van der Waals surface area contributed by atoms with Crippen molar-refractivity contribution < 1.29 is 18.6 Å². The van der Waals surface area contributed by atoms with Crippen molar-refractivity contribution >= 4 is 17.1 Å². The lowest BCUT2D eigenvalue weighted by atomic mass is 10.1. The van der Waals surface area contributed by atoms with Crippen LogP contribution in [0.3, 0.4) is 0 Å². The van der Waals surface area contributed by atoms with Crippen LogP contribution in [0.1, 0.15) is 41.9 Å². The van der Waals surface area contributed by atoms with E-state index in [1.807, 2.05) is 22.7 Å². The molecule has 2 aliphatic rings. The third kappa shape index (κ3) is 4.18. The number of benzene rings is 1. The Kier molecular flexibility index (Phi) is 5.60. The zero-order valence-corrected chi connectivity index (χ0v) is 19.9. The molecule has 36 heavy (non-hydrogen) atoms. The summed E-state index contributed by atoms with van der Waals surface area (Å²) >= 11 is 0. The second-order valence-electron chi connectivity index (χ2n) is 9.38. The fourth-order valence-corrected chi connectivity index (χ4v) is 4.46. The predicted octanol–water partition coefficient (Wildman–Crippen LogP) is 3.45. The first-order chi connectivity index (χ1) is 17.4. The van der Waals surface area contributed by atoms with Crippen LogP contribution in [-0.2, 0) is 4.74 Å². The maximum Gasteiger partial charge on any atom is 0.228 e. The van der Waals surface area contributed by atoms with Crippen molar-refractivity contribution in [2.45, 2.75) is 44.9 Å². The Morgan fingerprint density at radius 1 is 1.06 bits per heavy atom. The van der Waals surface area contributed by atoms with E-state index in [2.05, 4.69) is 25.0 Å². The molecule has 3 aromatic heterocycles. The molecule has 1 N–H and O–H groups in total. The summed E-state index contributed by atoms with van der Waals surface area (Å²) in [5.41, 5.74) is 3.25. The van der Waals surface area contributed by atoms with Crippen molar-refractivity contribution in [2.75, 3.05) is 24.6 Å². The molecule has 9 nitrogen and oxygen atoms in total. The number of nitrogens with zero attached hydrogens (tertiary/aromatic N) is 7. The molecule has 186 valence electrons. The quantitative estimate of drug-likeness (QED) is 0.451. The Morgan fingerprint density at radius 3 is 2.61 bits per heavy atom. The number of aliphatic hydroxyl groups is 1. The van der Waals surface area contributed by atoms with E-state index >= 15 is 0 Å². The molecule has 11 heteroatoms. The lowest BCUT2D eigenvalue weighted by molar-refractivity contribution is -0.0526. The van der Waals surface area contributed by atoms with E-state index in [0.29, 0.717) is 47.6 Å². The Hall–Kier alpha value is -3.57. The third-order valence-electron chi connectivity index (χ3n) is 6.68. The second kappa shape index (κ2) is 8.82. The van der Waals surface area contributed by atoms with Crippen LogP contribution in [0.5, 0.6) is 0 Å². The fraction of sp³-hybridized carbons (Fsp3) is 0.400. The van der Waals surface area contributed by atoms with Gasteiger partial charge >= 0.3 is 0 Å². The summed E-state index contributed by atoms with van der Waals surface area (Å²) in [4.78, 5) is 20.4. The highest BCUT2D eigenvalue weighted by molar-refractivity contribution is 5.88. The van der Waals surface area contributed by atoms with Crippen LogP contribution < -0.4 is 4.90 Å². The van der Waals surface area contributed by atoms with Gasteiger partial charge in [-0.25, -0.2) is 23.7 Å². The number of rotatable bonds is 5. The number of morpholine rings is 1. The first-order valence-electron chi connectivity index (χ1n) is 11.9. The van der Waals surface area contributed by atoms with E-state index in [0.717, 1.165) is 24.5 Å². The van der Waals surface area contributed by atoms with Crippen LogP contribution in [0.25, 0.3) is 22.4 Å². The normalized spacial score (nSPS) is 20.3. The van der Waals surface area contributed by atoms with Crippen LogP contribution in [-0.4, -0.2) is 60.6 Å². The Labute approximate surface area is 205 Å². The standard InChI is InChI=1S/C25H25F2N7O2/c1-13-14(2)30-24-23(29-13)22(19-6-3-16(26)7-20(19)27)31-25(32-24)33-10-18(12-35)36-21(11-33)15-8-28-34(9-15)17-4-5-17/h3,6-9,17-18,21,35H,4-5,10-12H2,1-2H3/t18-,21-/m1/s1. The van der Waals surface area contributed by atoms with Gasteiger partial charge in [-0.05, 0) is 38.8 Å². The number of ether oxygens (including phenoxy) is 1. The molecular formula is C25H25F2N7O2. The van der Waals surface area contributed by atoms with Gasteiger partial charge in [0.25, 0.3) is 0 Å². The summed E-state index contributed by atoms with van der Waals surface area (Å²) in [6, 6.07) is 3.79. The minimum Gasteiger partial charge on any atom is -0.394 e. The summed E-state index contributed by atoms with van der Waals surface area (Å²) in [6.45, 7) is 4.18. The van der Waals surface area contributed by atoms with Gasteiger partial charge in [-0.1, -0.05) is 0 Å². The molecule has 4 aromatic rings. The van der Waals surface area contributed by atoms with Gasteiger partial charge in [-0.2, -0.15) is 10.1 Å². The zero-order chi connectivity index (χ0) is 25.0. The molecule has 0 radical (unpaired) electrons. The number of aliphatic hydroxyl groups excluding tert-OH is 1. The molecule has 0 unspecified atom stereocenters. The van der Waals surface area contributed by atoms with Crippen molar-refractivity contribution in [3.05, 3.63) is 59.2 Å². The number of hydrogen-bond acceptors (Lipinski definition) is 8. The molecule has 0 spiro atoms. The van der Waals surface area contributed by atoms with Crippen molar-refractivity contribution in [1.29, 1.82) is 0 Å². The molecule has 1 aliphatic heterocycles. The molecule has 2 atom stereocenters. The fourth-order valence-electron chi connectivity index (χ4n) is 4.46. The number of fused-ring (bicyclic) bond motifs is 1. The van der Waals surface area contributed by atoms with Crippen LogP contribution in [0.15, 0.2) is 30.6 Å². The lowest BCUT2D eigenvalue weighted by Gasteiger charge is -2.37. The van der Waals surface area contributed by atoms with Crippen LogP contribution in [0.4, 0.5) is 14.7 Å². The number of anilines is 1. The Bertz CT molecular complexity index is 1460. The minimum absolute atomic E-state index is 0.108. The van der Waals surface area contributed by atoms with Gasteiger partial charge in [0.15, 0.2) is 5.65 Å². The largest absolute Gasteiger partial charge is 0.394 e. The summed E-state index contributed by atoms with van der Waals surface area (Å²) in [5, 5.41) is 14.4. The molecular weight excluding hydrogens is 468 g/mol. The maximum absolute atomic E-state index is 14.9. The number of aromatic nitrogens is 6. The second-order valence-corrected chi connectivity index (χ2v) is 9.38. The topological polar surface area (TPSA) is 102 Å². The molecule has 1 aromatic carbocycles. The van der Waals surface area contributed by atoms with Gasteiger partial charge in [0.1, 0.15) is 28.9 Å².